The molecule has 1 aliphatic heterocycles. The van der Waals surface area contributed by atoms with Crippen LogP contribution in [0, 0.1) is 5.92 Å². The maximum absolute atomic E-state index is 10.9. The summed E-state index contributed by atoms with van der Waals surface area (Å²) < 4.78 is 0. The third kappa shape index (κ3) is 1.06. The van der Waals surface area contributed by atoms with Crippen LogP contribution in [0.25, 0.3) is 0 Å². The zero-order valence-electron chi connectivity index (χ0n) is 6.09. The molecule has 1 heterocycles. The van der Waals surface area contributed by atoms with E-state index >= 15 is 0 Å². The van der Waals surface area contributed by atoms with Gasteiger partial charge >= 0.3 is 0 Å². The van der Waals surface area contributed by atoms with E-state index in [2.05, 4.69) is 5.32 Å². The van der Waals surface area contributed by atoms with Gasteiger partial charge in [0.05, 0.1) is 0 Å². The van der Waals surface area contributed by atoms with Crippen LogP contribution in [0.3, 0.4) is 0 Å². The smallest absolute Gasteiger partial charge is 0.224 e. The van der Waals surface area contributed by atoms with E-state index < -0.39 is 0 Å². The molecule has 0 aromatic carbocycles. The van der Waals surface area contributed by atoms with Crippen molar-refractivity contribution in [3.63, 3.8) is 0 Å². The van der Waals surface area contributed by atoms with Gasteiger partial charge < -0.3 is 5.32 Å². The minimum atomic E-state index is 0.0518. The predicted molar refractivity (Wildman–Crippen MR) is 38.6 cm³/mol. The van der Waals surface area contributed by atoms with Crippen LogP contribution in [0.5, 0.6) is 0 Å². The maximum Gasteiger partial charge on any atom is 0.224 e. The van der Waals surface area contributed by atoms with Crippen molar-refractivity contribution in [3.8, 4) is 0 Å². The molecule has 0 bridgehead atoms. The van der Waals surface area contributed by atoms with Gasteiger partial charge in [-0.2, -0.15) is 0 Å². The molecule has 1 atom stereocenters. The highest BCUT2D eigenvalue weighted by atomic mass is 16.2. The monoisotopic (exact) mass is 151 g/mol. The molecule has 2 aliphatic rings. The topological polar surface area (TPSA) is 46.2 Å². The Kier molecular flexibility index (Phi) is 1.31. The van der Waals surface area contributed by atoms with Crippen molar-refractivity contribution >= 4 is 11.7 Å². The van der Waals surface area contributed by atoms with E-state index in [1.165, 1.54) is 0 Å². The lowest BCUT2D eigenvalue weighted by Gasteiger charge is -2.13. The number of carbonyl (C=O) groups is 2. The first kappa shape index (κ1) is 6.58. The number of hydrogen-bond acceptors (Lipinski definition) is 2. The Morgan fingerprint density at radius 1 is 1.45 bits per heavy atom. The second kappa shape index (κ2) is 2.19. The molecule has 0 saturated carbocycles. The summed E-state index contributed by atoms with van der Waals surface area (Å²) in [7, 11) is 0. The molecule has 0 spiro atoms. The summed E-state index contributed by atoms with van der Waals surface area (Å²) in [5.74, 6) is 0.495. The lowest BCUT2D eigenvalue weighted by Crippen LogP contribution is -2.16. The Hall–Kier alpha value is -1.12. The number of rotatable bonds is 0. The highest BCUT2D eigenvalue weighted by molar-refractivity contribution is 5.94. The zero-order chi connectivity index (χ0) is 7.84. The van der Waals surface area contributed by atoms with Crippen LogP contribution in [0.15, 0.2) is 11.8 Å². The summed E-state index contributed by atoms with van der Waals surface area (Å²) in [6.07, 6.45) is 3.57. The second-order valence-corrected chi connectivity index (χ2v) is 3.05. The van der Waals surface area contributed by atoms with Gasteiger partial charge in [-0.1, -0.05) is 0 Å². The number of fused-ring (bicyclic) bond motifs is 1. The van der Waals surface area contributed by atoms with E-state index in [4.69, 9.17) is 0 Å². The highest BCUT2D eigenvalue weighted by Crippen LogP contribution is 2.28. The number of nitrogens with one attached hydrogen (secondary N) is 1. The Bertz CT molecular complexity index is 255. The van der Waals surface area contributed by atoms with Crippen LogP contribution in [0.1, 0.15) is 19.3 Å². The number of carbonyl (C=O) groups excluding carboxylic acids is 2. The Labute approximate surface area is 64.5 Å². The maximum atomic E-state index is 10.9. The van der Waals surface area contributed by atoms with Crippen molar-refractivity contribution in [2.45, 2.75) is 19.3 Å². The van der Waals surface area contributed by atoms with E-state index in [1.54, 1.807) is 6.08 Å². The van der Waals surface area contributed by atoms with Gasteiger partial charge in [-0.25, -0.2) is 0 Å². The highest BCUT2D eigenvalue weighted by Gasteiger charge is 2.30. The first-order chi connectivity index (χ1) is 5.25. The molecule has 1 amide bonds. The molecular weight excluding hydrogens is 142 g/mol. The van der Waals surface area contributed by atoms with E-state index in [9.17, 15) is 9.59 Å². The van der Waals surface area contributed by atoms with Gasteiger partial charge in [-0.05, 0) is 6.42 Å². The molecule has 2 rings (SSSR count). The van der Waals surface area contributed by atoms with Gasteiger partial charge in [0.25, 0.3) is 0 Å². The fraction of sp³-hybridized carbons (Fsp3) is 0.500. The van der Waals surface area contributed by atoms with Crippen LogP contribution in [-0.4, -0.2) is 11.7 Å². The second-order valence-electron chi connectivity index (χ2n) is 3.05. The van der Waals surface area contributed by atoms with Gasteiger partial charge in [0, 0.05) is 30.5 Å². The summed E-state index contributed by atoms with van der Waals surface area (Å²) >= 11 is 0. The summed E-state index contributed by atoms with van der Waals surface area (Å²) in [5, 5.41) is 2.69. The lowest BCUT2D eigenvalue weighted by atomic mass is 9.92. The molecule has 0 radical (unpaired) electrons. The lowest BCUT2D eigenvalue weighted by molar-refractivity contribution is -0.119. The van der Waals surface area contributed by atoms with Crippen LogP contribution in [-0.2, 0) is 9.59 Å². The van der Waals surface area contributed by atoms with Crippen molar-refractivity contribution in [1.82, 2.24) is 5.32 Å². The van der Waals surface area contributed by atoms with Crippen LogP contribution in [0.2, 0.25) is 0 Å². The quantitative estimate of drug-likeness (QED) is 0.543. The number of hydrogen-bond donors (Lipinski definition) is 1. The molecule has 1 fully saturated rings. The summed E-state index contributed by atoms with van der Waals surface area (Å²) in [6.45, 7) is 0. The summed E-state index contributed by atoms with van der Waals surface area (Å²) in [4.78, 5) is 21.7. The molecule has 3 nitrogen and oxygen atoms in total. The van der Waals surface area contributed by atoms with E-state index in [1.807, 2.05) is 0 Å². The molecule has 1 aliphatic carbocycles. The van der Waals surface area contributed by atoms with Crippen LogP contribution >= 0.6 is 0 Å². The molecule has 0 aromatic heterocycles. The average molecular weight is 151 g/mol. The van der Waals surface area contributed by atoms with Crippen LogP contribution in [0.4, 0.5) is 0 Å². The Balaban J connectivity index is 2.27. The third-order valence-electron chi connectivity index (χ3n) is 2.21. The van der Waals surface area contributed by atoms with Crippen molar-refractivity contribution in [2.24, 2.45) is 5.92 Å². The molecule has 58 valence electrons. The van der Waals surface area contributed by atoms with Crippen molar-refractivity contribution in [3.05, 3.63) is 11.8 Å². The van der Waals surface area contributed by atoms with E-state index in [0.717, 1.165) is 12.1 Å². The standard InChI is InChI=1S/C8H9NO2/c10-6-2-1-5-3-8(11)9-7(5)4-6/h4-5H,1-3H2,(H,9,11). The van der Waals surface area contributed by atoms with Gasteiger partial charge in [0.15, 0.2) is 5.78 Å². The molecule has 0 aromatic rings. The third-order valence-corrected chi connectivity index (χ3v) is 2.21. The minimum Gasteiger partial charge on any atom is -0.329 e. The van der Waals surface area contributed by atoms with E-state index in [0.29, 0.717) is 18.8 Å². The molecule has 1 unspecified atom stereocenters. The Morgan fingerprint density at radius 2 is 2.27 bits per heavy atom. The fourth-order valence-electron chi connectivity index (χ4n) is 1.62. The van der Waals surface area contributed by atoms with Gasteiger partial charge in [0.1, 0.15) is 0 Å². The van der Waals surface area contributed by atoms with Gasteiger partial charge in [-0.3, -0.25) is 9.59 Å². The fourth-order valence-corrected chi connectivity index (χ4v) is 1.62. The van der Waals surface area contributed by atoms with Crippen molar-refractivity contribution in [1.29, 1.82) is 0 Å². The zero-order valence-corrected chi connectivity index (χ0v) is 6.09. The average Bonchev–Trinajstić information content (AvgIpc) is 2.27. The first-order valence-electron chi connectivity index (χ1n) is 3.80. The van der Waals surface area contributed by atoms with E-state index in [-0.39, 0.29) is 11.7 Å². The molecule has 1 N–H and O–H groups in total. The van der Waals surface area contributed by atoms with Gasteiger partial charge in [-0.15, -0.1) is 0 Å². The largest absolute Gasteiger partial charge is 0.329 e. The molecule has 3 heteroatoms. The first-order valence-corrected chi connectivity index (χ1v) is 3.80. The van der Waals surface area contributed by atoms with Gasteiger partial charge in [0.2, 0.25) is 5.91 Å². The SMILES string of the molecule is O=C1C=C2NC(=O)CC2CC1. The molecular formula is C8H9NO2. The number of allylic oxidation sites excluding steroid dienone is 2. The molecule has 11 heavy (non-hydrogen) atoms. The van der Waals surface area contributed by atoms with Crippen molar-refractivity contribution in [2.75, 3.05) is 0 Å². The number of ketones is 1. The number of amides is 1. The predicted octanol–water partition coefficient (Wildman–Crippen LogP) is 0.369. The summed E-state index contributed by atoms with van der Waals surface area (Å²) in [5.41, 5.74) is 0.839. The Morgan fingerprint density at radius 3 is 3.09 bits per heavy atom. The van der Waals surface area contributed by atoms with Crippen LogP contribution < -0.4 is 5.32 Å². The molecule has 1 saturated heterocycles. The normalized spacial score (nSPS) is 29.5. The van der Waals surface area contributed by atoms with Crippen molar-refractivity contribution < 1.29 is 9.59 Å². The summed E-state index contributed by atoms with van der Waals surface area (Å²) in [6, 6.07) is 0. The minimum absolute atomic E-state index is 0.0518.